The molecule has 2 nitrogen and oxygen atoms in total. The molecule has 116 valence electrons. The first-order valence-corrected chi connectivity index (χ1v) is 8.99. The van der Waals surface area contributed by atoms with Crippen LogP contribution in [0.15, 0.2) is 71.9 Å². The number of hydrogen-bond donors (Lipinski definition) is 0. The maximum atomic E-state index is 6.49. The first kappa shape index (κ1) is 14.0. The van der Waals surface area contributed by atoms with Crippen molar-refractivity contribution >= 4 is 38.7 Å². The fourth-order valence-electron chi connectivity index (χ4n) is 3.27. The van der Waals surface area contributed by atoms with E-state index in [-0.39, 0.29) is 0 Å². The number of fused-ring (bicyclic) bond motifs is 4. The van der Waals surface area contributed by atoms with Crippen LogP contribution in [0.4, 0.5) is 0 Å². The minimum Gasteiger partial charge on any atom is -0.313 e. The summed E-state index contributed by atoms with van der Waals surface area (Å²) in [5, 5.41) is 2.02. The van der Waals surface area contributed by atoms with Gasteiger partial charge < -0.3 is 4.57 Å². The molecule has 0 aliphatic carbocycles. The largest absolute Gasteiger partial charge is 0.313 e. The fraction of sp³-hybridized carbons (Fsp3) is 0.0500. The van der Waals surface area contributed by atoms with Crippen molar-refractivity contribution in [3.8, 4) is 5.69 Å². The number of benzene rings is 2. The van der Waals surface area contributed by atoms with Gasteiger partial charge in [-0.3, -0.25) is 4.99 Å². The fourth-order valence-corrected chi connectivity index (χ4v) is 4.64. The normalized spacial score (nSPS) is 13.3. The van der Waals surface area contributed by atoms with Crippen LogP contribution < -0.4 is 0 Å². The van der Waals surface area contributed by atoms with E-state index in [1.165, 1.54) is 15.0 Å². The van der Waals surface area contributed by atoms with E-state index in [1.54, 1.807) is 11.3 Å². The number of thiophene rings is 1. The van der Waals surface area contributed by atoms with Crippen molar-refractivity contribution in [3.63, 3.8) is 0 Å². The lowest BCUT2D eigenvalue weighted by Crippen LogP contribution is -2.07. The van der Waals surface area contributed by atoms with Crippen molar-refractivity contribution in [1.82, 2.24) is 4.57 Å². The molecule has 1 aliphatic rings. The van der Waals surface area contributed by atoms with Crippen LogP contribution in [0.2, 0.25) is 5.02 Å². The molecule has 2 aromatic heterocycles. The van der Waals surface area contributed by atoms with Gasteiger partial charge in [0.25, 0.3) is 0 Å². The molecule has 4 heteroatoms. The van der Waals surface area contributed by atoms with Gasteiger partial charge in [0.05, 0.1) is 33.5 Å². The Kier molecular flexibility index (Phi) is 3.12. The second-order valence-corrected chi connectivity index (χ2v) is 7.32. The van der Waals surface area contributed by atoms with E-state index < -0.39 is 0 Å². The van der Waals surface area contributed by atoms with Crippen molar-refractivity contribution in [3.05, 3.63) is 88.0 Å². The number of aliphatic imine (C=N–C) groups is 1. The van der Waals surface area contributed by atoms with Crippen LogP contribution in [0.5, 0.6) is 0 Å². The molecule has 0 atom stereocenters. The third-order valence-electron chi connectivity index (χ3n) is 4.37. The monoisotopic (exact) mass is 348 g/mol. The topological polar surface area (TPSA) is 17.3 Å². The van der Waals surface area contributed by atoms with Crippen LogP contribution in [0.25, 0.3) is 15.8 Å². The Morgan fingerprint density at radius 3 is 2.83 bits per heavy atom. The molecular weight excluding hydrogens is 336 g/mol. The van der Waals surface area contributed by atoms with E-state index in [0.29, 0.717) is 6.54 Å². The number of aromatic nitrogens is 1. The first-order valence-electron chi connectivity index (χ1n) is 7.80. The number of rotatable bonds is 1. The van der Waals surface area contributed by atoms with E-state index in [2.05, 4.69) is 59.3 Å². The van der Waals surface area contributed by atoms with Gasteiger partial charge in [-0.2, -0.15) is 0 Å². The molecule has 0 saturated heterocycles. The first-order chi connectivity index (χ1) is 11.8. The summed E-state index contributed by atoms with van der Waals surface area (Å²) < 4.78 is 3.45. The van der Waals surface area contributed by atoms with Gasteiger partial charge in [0.2, 0.25) is 0 Å². The third-order valence-corrected chi connectivity index (χ3v) is 5.80. The summed E-state index contributed by atoms with van der Waals surface area (Å²) in [6.07, 6.45) is 2.06. The summed E-state index contributed by atoms with van der Waals surface area (Å²) in [5.41, 5.74) is 4.32. The van der Waals surface area contributed by atoms with Gasteiger partial charge in [-0.15, -0.1) is 11.3 Å². The molecule has 0 N–H and O–H groups in total. The van der Waals surface area contributed by atoms with Crippen LogP contribution in [0, 0.1) is 0 Å². The second-order valence-electron chi connectivity index (χ2n) is 5.82. The summed E-state index contributed by atoms with van der Waals surface area (Å²) in [6.45, 7) is 0.640. The van der Waals surface area contributed by atoms with Gasteiger partial charge in [0, 0.05) is 10.9 Å². The maximum Gasteiger partial charge on any atom is 0.0991 e. The average molecular weight is 349 g/mol. The van der Waals surface area contributed by atoms with Gasteiger partial charge in [-0.1, -0.05) is 41.9 Å². The van der Waals surface area contributed by atoms with Gasteiger partial charge in [-0.05, 0) is 41.3 Å². The summed E-state index contributed by atoms with van der Waals surface area (Å²) in [4.78, 5) is 6.13. The molecule has 0 unspecified atom stereocenters. The Morgan fingerprint density at radius 1 is 1.00 bits per heavy atom. The second kappa shape index (κ2) is 5.33. The van der Waals surface area contributed by atoms with E-state index >= 15 is 0 Å². The molecule has 2 aromatic carbocycles. The van der Waals surface area contributed by atoms with Crippen molar-refractivity contribution in [2.45, 2.75) is 6.54 Å². The highest BCUT2D eigenvalue weighted by Gasteiger charge is 2.21. The zero-order chi connectivity index (χ0) is 16.1. The van der Waals surface area contributed by atoms with Crippen LogP contribution in [0.1, 0.15) is 16.1 Å². The number of nitrogens with zero attached hydrogens (tertiary/aromatic N) is 2. The highest BCUT2D eigenvalue weighted by atomic mass is 35.5. The third kappa shape index (κ3) is 2.05. The molecule has 4 aromatic rings. The predicted molar refractivity (Wildman–Crippen MR) is 102 cm³/mol. The quantitative estimate of drug-likeness (QED) is 0.420. The van der Waals surface area contributed by atoms with Crippen molar-refractivity contribution in [1.29, 1.82) is 0 Å². The van der Waals surface area contributed by atoms with Crippen LogP contribution >= 0.6 is 22.9 Å². The minimum atomic E-state index is 0.640. The van der Waals surface area contributed by atoms with Crippen molar-refractivity contribution < 1.29 is 0 Å². The van der Waals surface area contributed by atoms with Crippen molar-refractivity contribution in [2.24, 2.45) is 4.99 Å². The Labute approximate surface area is 148 Å². The summed E-state index contributed by atoms with van der Waals surface area (Å²) in [5.74, 6) is 0. The Hall–Kier alpha value is -2.36. The highest BCUT2D eigenvalue weighted by molar-refractivity contribution is 7.21. The summed E-state index contributed by atoms with van der Waals surface area (Å²) in [6, 6.07) is 20.9. The molecule has 0 bridgehead atoms. The Morgan fingerprint density at radius 2 is 1.92 bits per heavy atom. The number of hydrogen-bond acceptors (Lipinski definition) is 2. The molecule has 0 saturated carbocycles. The van der Waals surface area contributed by atoms with Crippen LogP contribution in [0.3, 0.4) is 0 Å². The SMILES string of the molecule is Clc1cccc2c1-n1cccc1C(c1cc3ccccc3s1)=NC2. The van der Waals surface area contributed by atoms with Crippen molar-refractivity contribution in [2.75, 3.05) is 0 Å². The smallest absolute Gasteiger partial charge is 0.0991 e. The zero-order valence-corrected chi connectivity index (χ0v) is 14.3. The molecule has 0 spiro atoms. The van der Waals surface area contributed by atoms with Gasteiger partial charge in [-0.25, -0.2) is 0 Å². The summed E-state index contributed by atoms with van der Waals surface area (Å²) >= 11 is 8.27. The Bertz CT molecular complexity index is 1070. The molecule has 5 rings (SSSR count). The van der Waals surface area contributed by atoms with E-state index in [1.807, 2.05) is 12.1 Å². The lowest BCUT2D eigenvalue weighted by atomic mass is 10.1. The Balaban J connectivity index is 1.75. The summed E-state index contributed by atoms with van der Waals surface area (Å²) in [7, 11) is 0. The standard InChI is InChI=1S/C20H13ClN2S/c21-15-7-3-6-14-12-22-19(16-8-4-10-23(16)20(14)15)18-11-13-5-1-2-9-17(13)24-18/h1-11H,12H2. The van der Waals surface area contributed by atoms with Gasteiger partial charge >= 0.3 is 0 Å². The molecule has 3 heterocycles. The lowest BCUT2D eigenvalue weighted by molar-refractivity contribution is 1.02. The maximum absolute atomic E-state index is 6.49. The molecule has 0 radical (unpaired) electrons. The van der Waals surface area contributed by atoms with Gasteiger partial charge in [0.1, 0.15) is 0 Å². The van der Waals surface area contributed by atoms with E-state index in [4.69, 9.17) is 16.6 Å². The number of para-hydroxylation sites is 1. The lowest BCUT2D eigenvalue weighted by Gasteiger charge is -2.11. The highest BCUT2D eigenvalue weighted by Crippen LogP contribution is 2.33. The van der Waals surface area contributed by atoms with E-state index in [0.717, 1.165) is 27.7 Å². The van der Waals surface area contributed by atoms with Gasteiger partial charge in [0.15, 0.2) is 0 Å². The molecular formula is C20H13ClN2S. The molecule has 0 amide bonds. The van der Waals surface area contributed by atoms with E-state index in [9.17, 15) is 0 Å². The van der Waals surface area contributed by atoms with Crippen LogP contribution in [-0.2, 0) is 6.54 Å². The molecule has 0 fully saturated rings. The number of halogens is 1. The average Bonchev–Trinajstić information content (AvgIpc) is 3.19. The molecule has 1 aliphatic heterocycles. The minimum absolute atomic E-state index is 0.640. The zero-order valence-electron chi connectivity index (χ0n) is 12.7. The molecule has 24 heavy (non-hydrogen) atoms. The predicted octanol–water partition coefficient (Wildman–Crippen LogP) is 5.70. The van der Waals surface area contributed by atoms with Crippen LogP contribution in [-0.4, -0.2) is 10.3 Å².